The number of rotatable bonds is 4. The van der Waals surface area contributed by atoms with Crippen LogP contribution in [0, 0.1) is 28.9 Å². The molecule has 0 aromatic heterocycles. The molecular formula is C14H26N2O2. The lowest BCUT2D eigenvalue weighted by atomic mass is 9.73. The summed E-state index contributed by atoms with van der Waals surface area (Å²) in [4.78, 5) is 11.5. The van der Waals surface area contributed by atoms with Gasteiger partial charge in [0, 0.05) is 25.3 Å². The molecule has 0 radical (unpaired) electrons. The first-order chi connectivity index (χ1) is 8.49. The summed E-state index contributed by atoms with van der Waals surface area (Å²) < 4.78 is 0. The van der Waals surface area contributed by atoms with Crippen molar-refractivity contribution in [1.82, 2.24) is 5.32 Å². The number of amides is 1. The second-order valence-electron chi connectivity index (χ2n) is 5.88. The quantitative estimate of drug-likeness (QED) is 0.577. The maximum atomic E-state index is 11.5. The van der Waals surface area contributed by atoms with Gasteiger partial charge in [0.2, 0.25) is 5.91 Å². The molecule has 1 amide bonds. The highest BCUT2D eigenvalue weighted by molar-refractivity contribution is 5.83. The summed E-state index contributed by atoms with van der Waals surface area (Å²) in [5.41, 5.74) is 0.936. The molecule has 0 heterocycles. The zero-order valence-electron chi connectivity index (χ0n) is 12.0. The van der Waals surface area contributed by atoms with Gasteiger partial charge in [-0.3, -0.25) is 4.79 Å². The molecule has 0 unspecified atom stereocenters. The molecule has 1 saturated carbocycles. The van der Waals surface area contributed by atoms with Gasteiger partial charge in [0.1, 0.15) is 0 Å². The summed E-state index contributed by atoms with van der Waals surface area (Å²) in [5.74, 6) is 1.50. The summed E-state index contributed by atoms with van der Waals surface area (Å²) in [6.07, 6.45) is 3.88. The van der Waals surface area contributed by atoms with Crippen LogP contribution in [-0.4, -0.2) is 18.7 Å². The minimum atomic E-state index is 0.0310. The molecule has 0 aromatic carbocycles. The van der Waals surface area contributed by atoms with Crippen LogP contribution < -0.4 is 10.5 Å². The van der Waals surface area contributed by atoms with E-state index in [1.807, 2.05) is 6.92 Å². The molecule has 1 fully saturated rings. The average molecular weight is 254 g/mol. The van der Waals surface area contributed by atoms with Gasteiger partial charge in [-0.1, -0.05) is 20.8 Å². The highest BCUT2D eigenvalue weighted by Gasteiger charge is 2.33. The van der Waals surface area contributed by atoms with Crippen LogP contribution in [0.1, 0.15) is 46.5 Å². The van der Waals surface area contributed by atoms with Crippen LogP contribution in [0.25, 0.3) is 0 Å². The predicted molar refractivity (Wildman–Crippen MR) is 72.9 cm³/mol. The second-order valence-corrected chi connectivity index (χ2v) is 5.88. The molecule has 0 aromatic rings. The van der Waals surface area contributed by atoms with E-state index in [2.05, 4.69) is 24.3 Å². The Hall–Kier alpha value is -1.06. The van der Waals surface area contributed by atoms with Crippen molar-refractivity contribution in [3.63, 3.8) is 0 Å². The van der Waals surface area contributed by atoms with Crippen LogP contribution in [0.5, 0.6) is 0 Å². The van der Waals surface area contributed by atoms with Crippen molar-refractivity contribution in [2.75, 3.05) is 7.05 Å². The lowest BCUT2D eigenvalue weighted by Crippen LogP contribution is -2.68. The predicted octanol–water partition coefficient (Wildman–Crippen LogP) is 0.850. The van der Waals surface area contributed by atoms with E-state index in [-0.39, 0.29) is 11.8 Å². The van der Waals surface area contributed by atoms with E-state index in [4.69, 9.17) is 0 Å². The van der Waals surface area contributed by atoms with Crippen molar-refractivity contribution in [2.24, 2.45) is 23.7 Å². The number of nitrogens with one attached hydrogen (secondary N) is 2. The molecule has 0 aliphatic heterocycles. The van der Waals surface area contributed by atoms with E-state index in [9.17, 15) is 10.0 Å². The van der Waals surface area contributed by atoms with Crippen LogP contribution in [-0.2, 0) is 4.79 Å². The second kappa shape index (κ2) is 6.76. The topological polar surface area (TPSA) is 66.1 Å². The molecule has 2 N–H and O–H groups in total. The van der Waals surface area contributed by atoms with E-state index in [0.717, 1.165) is 31.4 Å². The molecule has 0 spiro atoms. The smallest absolute Gasteiger partial charge is 0.222 e. The fourth-order valence-corrected chi connectivity index (χ4v) is 3.06. The van der Waals surface area contributed by atoms with Crippen molar-refractivity contribution in [1.29, 1.82) is 0 Å². The fourth-order valence-electron chi connectivity index (χ4n) is 3.06. The van der Waals surface area contributed by atoms with Gasteiger partial charge in [0.15, 0.2) is 5.71 Å². The molecule has 104 valence electrons. The molecule has 1 aliphatic rings. The lowest BCUT2D eigenvalue weighted by molar-refractivity contribution is -0.380. The van der Waals surface area contributed by atoms with Crippen molar-refractivity contribution >= 4 is 11.6 Å². The van der Waals surface area contributed by atoms with Crippen LogP contribution >= 0.6 is 0 Å². The Morgan fingerprint density at radius 1 is 1.44 bits per heavy atom. The van der Waals surface area contributed by atoms with E-state index in [1.165, 1.54) is 0 Å². The number of carbonyl (C=O) groups is 1. The van der Waals surface area contributed by atoms with Gasteiger partial charge >= 0.3 is 0 Å². The minimum absolute atomic E-state index is 0.0310. The zero-order valence-corrected chi connectivity index (χ0v) is 12.0. The maximum Gasteiger partial charge on any atom is 0.222 e. The molecule has 3 atom stereocenters. The van der Waals surface area contributed by atoms with Crippen molar-refractivity contribution < 1.29 is 9.95 Å². The average Bonchev–Trinajstić information content (AvgIpc) is 2.37. The summed E-state index contributed by atoms with van der Waals surface area (Å²) in [5, 5.41) is 15.9. The zero-order chi connectivity index (χ0) is 13.7. The SMILES string of the molecule is CNC(=O)[C@@H](C)C[C@H]1CC[C@@H](C(C)C)/C(=[NH+]/[O-])C1. The monoisotopic (exact) mass is 254 g/mol. The molecule has 4 heteroatoms. The Kier molecular flexibility index (Phi) is 5.63. The summed E-state index contributed by atoms with van der Waals surface area (Å²) in [6, 6.07) is 0. The number of carbonyl (C=O) groups excluding carboxylic acids is 1. The summed E-state index contributed by atoms with van der Waals surface area (Å²) in [7, 11) is 1.67. The molecular weight excluding hydrogens is 228 g/mol. The van der Waals surface area contributed by atoms with Crippen molar-refractivity contribution in [2.45, 2.75) is 46.5 Å². The van der Waals surface area contributed by atoms with Crippen LogP contribution in [0.2, 0.25) is 0 Å². The Morgan fingerprint density at radius 3 is 2.61 bits per heavy atom. The van der Waals surface area contributed by atoms with Gasteiger partial charge in [0.05, 0.1) is 0 Å². The van der Waals surface area contributed by atoms with Gasteiger partial charge in [-0.05, 0) is 31.1 Å². The van der Waals surface area contributed by atoms with Gasteiger partial charge in [-0.2, -0.15) is 0 Å². The summed E-state index contributed by atoms with van der Waals surface area (Å²) >= 11 is 0. The van der Waals surface area contributed by atoms with Crippen molar-refractivity contribution in [3.8, 4) is 0 Å². The summed E-state index contributed by atoms with van der Waals surface area (Å²) in [6.45, 7) is 6.28. The maximum absolute atomic E-state index is 11.5. The standard InChI is InChI=1S/C14H26N2O2/c1-9(2)12-6-5-11(8-13(12)16-18)7-10(3)14(17)15-4/h9-12,16H,5-8H2,1-4H3,(H-,15,17,18)/b16-13+/t10-,11+,12-/m0/s1. The molecule has 0 saturated heterocycles. The normalized spacial score (nSPS) is 28.4. The highest BCUT2D eigenvalue weighted by Crippen LogP contribution is 2.33. The first kappa shape index (κ1) is 15.0. The van der Waals surface area contributed by atoms with Gasteiger partial charge in [0.25, 0.3) is 0 Å². The molecule has 1 aliphatic carbocycles. The lowest BCUT2D eigenvalue weighted by Gasteiger charge is -2.30. The molecule has 0 bridgehead atoms. The van der Waals surface area contributed by atoms with E-state index < -0.39 is 0 Å². The third kappa shape index (κ3) is 3.72. The highest BCUT2D eigenvalue weighted by atomic mass is 16.4. The Labute approximate surface area is 110 Å². The third-order valence-corrected chi connectivity index (χ3v) is 4.16. The van der Waals surface area contributed by atoms with Crippen LogP contribution in [0.4, 0.5) is 0 Å². The van der Waals surface area contributed by atoms with Gasteiger partial charge in [-0.25, -0.2) is 5.16 Å². The molecule has 18 heavy (non-hydrogen) atoms. The van der Waals surface area contributed by atoms with E-state index in [0.29, 0.717) is 17.8 Å². The van der Waals surface area contributed by atoms with E-state index >= 15 is 0 Å². The first-order valence-corrected chi connectivity index (χ1v) is 6.95. The minimum Gasteiger partial charge on any atom is -0.625 e. The number of hydrogen-bond donors (Lipinski definition) is 2. The van der Waals surface area contributed by atoms with Crippen molar-refractivity contribution in [3.05, 3.63) is 5.21 Å². The number of hydrogen-bond acceptors (Lipinski definition) is 2. The van der Waals surface area contributed by atoms with Gasteiger partial charge < -0.3 is 10.5 Å². The van der Waals surface area contributed by atoms with Crippen LogP contribution in [0.15, 0.2) is 0 Å². The Morgan fingerprint density at radius 2 is 2.11 bits per heavy atom. The third-order valence-electron chi connectivity index (χ3n) is 4.16. The molecule has 4 nitrogen and oxygen atoms in total. The Balaban J connectivity index is 2.56. The largest absolute Gasteiger partial charge is 0.625 e. The molecule has 1 rings (SSSR count). The van der Waals surface area contributed by atoms with Gasteiger partial charge in [-0.15, -0.1) is 0 Å². The first-order valence-electron chi connectivity index (χ1n) is 6.95. The van der Waals surface area contributed by atoms with E-state index in [1.54, 1.807) is 7.05 Å². The Bertz CT molecular complexity index is 313. The van der Waals surface area contributed by atoms with Crippen LogP contribution in [0.3, 0.4) is 0 Å². The fraction of sp³-hybridized carbons (Fsp3) is 0.857.